The molecule has 0 bridgehead atoms. The Morgan fingerprint density at radius 2 is 1.62 bits per heavy atom. The normalized spacial score (nSPS) is 45.8. The van der Waals surface area contributed by atoms with Crippen LogP contribution in [0.2, 0.25) is 0 Å². The molecule has 4 saturated carbocycles. The van der Waals surface area contributed by atoms with Gasteiger partial charge in [0.05, 0.1) is 12.7 Å². The number of hydrogen-bond acceptors (Lipinski definition) is 6. The molecular weight excluding hydrogens is 600 g/mol. The number of rotatable bonds is 8. The molecule has 0 aromatic rings. The van der Waals surface area contributed by atoms with Crippen molar-refractivity contribution in [3.63, 3.8) is 0 Å². The van der Waals surface area contributed by atoms with E-state index in [1.165, 1.54) is 44.9 Å². The Morgan fingerprint density at radius 3 is 2.33 bits per heavy atom. The maximum atomic E-state index is 13.2. The fourth-order valence-electron chi connectivity index (χ4n) is 13.0. The summed E-state index contributed by atoms with van der Waals surface area (Å²) >= 11 is 0. The van der Waals surface area contributed by atoms with Crippen molar-refractivity contribution in [2.24, 2.45) is 52.3 Å². The van der Waals surface area contributed by atoms with Crippen molar-refractivity contribution >= 4 is 11.8 Å². The monoisotopic (exact) mass is 669 g/mol. The number of carbonyl (C=O) groups excluding carboxylic acids is 2. The number of nitrogens with zero attached hydrogens (tertiary/aromatic N) is 3. The molecule has 2 amide bonds. The molecule has 3 heterocycles. The third-order valence-electron chi connectivity index (χ3n) is 16.0. The van der Waals surface area contributed by atoms with Gasteiger partial charge in [0.15, 0.2) is 5.79 Å². The van der Waals surface area contributed by atoms with Crippen molar-refractivity contribution in [3.05, 3.63) is 0 Å². The van der Waals surface area contributed by atoms with Crippen molar-refractivity contribution in [2.45, 2.75) is 130 Å². The molecule has 3 aliphatic heterocycles. The lowest BCUT2D eigenvalue weighted by Gasteiger charge is -2.61. The summed E-state index contributed by atoms with van der Waals surface area (Å²) in [5.41, 5.74) is 0.723. The maximum absolute atomic E-state index is 13.2. The van der Waals surface area contributed by atoms with Crippen LogP contribution in [-0.4, -0.2) is 103 Å². The Labute approximate surface area is 291 Å². The Balaban J connectivity index is 0.896. The molecule has 1 unspecified atom stereocenters. The maximum Gasteiger partial charge on any atom is 0.232 e. The molecule has 48 heavy (non-hydrogen) atoms. The molecule has 7 rings (SSSR count). The van der Waals surface area contributed by atoms with Gasteiger partial charge in [0.1, 0.15) is 6.42 Å². The van der Waals surface area contributed by atoms with Crippen LogP contribution >= 0.6 is 0 Å². The van der Waals surface area contributed by atoms with E-state index in [1.54, 1.807) is 0 Å². The van der Waals surface area contributed by atoms with Crippen LogP contribution in [-0.2, 0) is 19.1 Å². The van der Waals surface area contributed by atoms with Crippen LogP contribution in [0.25, 0.3) is 0 Å². The first-order valence-electron chi connectivity index (χ1n) is 20.3. The molecule has 7 fully saturated rings. The Morgan fingerprint density at radius 1 is 0.875 bits per heavy atom. The third-order valence-corrected chi connectivity index (χ3v) is 16.0. The molecule has 12 atom stereocenters. The van der Waals surface area contributed by atoms with Gasteiger partial charge in [-0.3, -0.25) is 14.5 Å². The number of amides is 2. The summed E-state index contributed by atoms with van der Waals surface area (Å²) in [4.78, 5) is 33.1. The highest BCUT2D eigenvalue weighted by Crippen LogP contribution is 2.71. The Kier molecular flexibility index (Phi) is 10.1. The molecule has 4 aliphatic carbocycles. The van der Waals surface area contributed by atoms with Crippen LogP contribution in [0.1, 0.15) is 112 Å². The zero-order valence-corrected chi connectivity index (χ0v) is 31.3. The summed E-state index contributed by atoms with van der Waals surface area (Å²) in [6.45, 7) is 22.9. The standard InChI is InChI=1S/C40H68N4O4/c1-7-42(8-2)17-18-43-19-21-44(22-20-43)36(46)25-35(45)41-30-12-14-38(5)29(23-30)9-10-31-32(38)13-15-39(6)33(31)24-34-37(39)28(4)40(48-34)16-11-27(3)26-47-40/h27-34,37H,7-26H2,1-6H3,(H,41,45)/t27-,28+,29-,30-,31-,32?,33+,34+,37+,38+,39+,40-/m1/s1. The number of likely N-dealkylation sites (N-methyl/N-ethyl adjacent to an activating group) is 1. The second kappa shape index (κ2) is 13.7. The van der Waals surface area contributed by atoms with Crippen LogP contribution in [0.15, 0.2) is 0 Å². The number of piperazine rings is 1. The largest absolute Gasteiger partial charge is 0.353 e. The fourth-order valence-corrected chi connectivity index (χ4v) is 13.0. The Hall–Kier alpha value is -1.22. The van der Waals surface area contributed by atoms with Crippen molar-refractivity contribution in [1.82, 2.24) is 20.0 Å². The average Bonchev–Trinajstić information content (AvgIpc) is 3.52. The molecule has 272 valence electrons. The first-order chi connectivity index (χ1) is 23.0. The van der Waals surface area contributed by atoms with E-state index in [9.17, 15) is 9.59 Å². The third kappa shape index (κ3) is 6.19. The van der Waals surface area contributed by atoms with E-state index in [0.29, 0.717) is 40.6 Å². The SMILES string of the molecule is CCN(CC)CCN1CCN(C(=O)CC(=O)N[C@@H]2CC[C@]3(C)C4CC[C@]5(C)[C@@H]6[C@H](C[C@H]5[C@@H]4CC[C@@H]3C2)O[C@]2(CC[C@@H](C)CO2)[C@H]6C)CC1. The summed E-state index contributed by atoms with van der Waals surface area (Å²) in [5, 5.41) is 3.34. The highest BCUT2D eigenvalue weighted by molar-refractivity contribution is 5.97. The Bertz CT molecular complexity index is 1160. The van der Waals surface area contributed by atoms with Gasteiger partial charge in [-0.1, -0.05) is 41.5 Å². The topological polar surface area (TPSA) is 74.4 Å². The van der Waals surface area contributed by atoms with Gasteiger partial charge in [-0.2, -0.15) is 0 Å². The van der Waals surface area contributed by atoms with E-state index >= 15 is 0 Å². The molecule has 8 nitrogen and oxygen atoms in total. The van der Waals surface area contributed by atoms with Gasteiger partial charge in [-0.05, 0) is 117 Å². The van der Waals surface area contributed by atoms with E-state index < -0.39 is 0 Å². The van der Waals surface area contributed by atoms with Crippen molar-refractivity contribution in [2.75, 3.05) is 59.0 Å². The van der Waals surface area contributed by atoms with Crippen LogP contribution in [0.5, 0.6) is 0 Å². The van der Waals surface area contributed by atoms with E-state index in [2.05, 4.69) is 56.7 Å². The quantitative estimate of drug-likeness (QED) is 0.330. The molecular formula is C40H68N4O4. The minimum absolute atomic E-state index is 0.00235. The summed E-state index contributed by atoms with van der Waals surface area (Å²) in [7, 11) is 0. The molecule has 1 spiro atoms. The van der Waals surface area contributed by atoms with E-state index in [-0.39, 0.29) is 30.1 Å². The predicted molar refractivity (Wildman–Crippen MR) is 189 cm³/mol. The minimum Gasteiger partial charge on any atom is -0.353 e. The molecule has 8 heteroatoms. The lowest BCUT2D eigenvalue weighted by atomic mass is 9.44. The van der Waals surface area contributed by atoms with Crippen LogP contribution in [0.3, 0.4) is 0 Å². The molecule has 7 aliphatic rings. The van der Waals surface area contributed by atoms with Gasteiger partial charge < -0.3 is 24.6 Å². The molecule has 0 aromatic heterocycles. The van der Waals surface area contributed by atoms with E-state index in [0.717, 1.165) is 96.0 Å². The van der Waals surface area contributed by atoms with Gasteiger partial charge in [-0.25, -0.2) is 0 Å². The van der Waals surface area contributed by atoms with Gasteiger partial charge >= 0.3 is 0 Å². The average molecular weight is 669 g/mol. The first kappa shape index (κ1) is 35.2. The number of hydrogen-bond donors (Lipinski definition) is 1. The second-order valence-corrected chi connectivity index (χ2v) is 18.1. The van der Waals surface area contributed by atoms with Crippen LogP contribution < -0.4 is 5.32 Å². The van der Waals surface area contributed by atoms with Gasteiger partial charge in [0.25, 0.3) is 0 Å². The number of fused-ring (bicyclic) bond motifs is 7. The summed E-state index contributed by atoms with van der Waals surface area (Å²) < 4.78 is 13.5. The zero-order valence-electron chi connectivity index (χ0n) is 31.3. The fraction of sp³-hybridized carbons (Fsp3) is 0.950. The van der Waals surface area contributed by atoms with Gasteiger partial charge in [0.2, 0.25) is 11.8 Å². The summed E-state index contributed by atoms with van der Waals surface area (Å²) in [6, 6.07) is 0.209. The lowest BCUT2D eigenvalue weighted by Crippen LogP contribution is -2.56. The lowest BCUT2D eigenvalue weighted by molar-refractivity contribution is -0.273. The smallest absolute Gasteiger partial charge is 0.232 e. The number of carbonyl (C=O) groups is 2. The zero-order chi connectivity index (χ0) is 33.8. The highest BCUT2D eigenvalue weighted by Gasteiger charge is 2.69. The van der Waals surface area contributed by atoms with Gasteiger partial charge in [-0.15, -0.1) is 0 Å². The van der Waals surface area contributed by atoms with E-state index in [4.69, 9.17) is 9.47 Å². The molecule has 1 N–H and O–H groups in total. The van der Waals surface area contributed by atoms with Crippen LogP contribution in [0, 0.1) is 52.3 Å². The first-order valence-corrected chi connectivity index (χ1v) is 20.3. The summed E-state index contributed by atoms with van der Waals surface area (Å²) in [6.07, 6.45) is 12.5. The van der Waals surface area contributed by atoms with Gasteiger partial charge in [0, 0.05) is 57.6 Å². The van der Waals surface area contributed by atoms with Crippen molar-refractivity contribution in [1.29, 1.82) is 0 Å². The number of nitrogens with one attached hydrogen (secondary N) is 1. The van der Waals surface area contributed by atoms with Crippen LogP contribution in [0.4, 0.5) is 0 Å². The predicted octanol–water partition coefficient (Wildman–Crippen LogP) is 5.79. The number of ether oxygens (including phenoxy) is 2. The van der Waals surface area contributed by atoms with Crippen molar-refractivity contribution < 1.29 is 19.1 Å². The molecule has 0 radical (unpaired) electrons. The minimum atomic E-state index is -0.330. The van der Waals surface area contributed by atoms with E-state index in [1.807, 2.05) is 4.90 Å². The summed E-state index contributed by atoms with van der Waals surface area (Å²) in [5.74, 6) is 4.36. The second-order valence-electron chi connectivity index (χ2n) is 18.1. The highest BCUT2D eigenvalue weighted by atomic mass is 16.7. The molecule has 3 saturated heterocycles. The molecule has 0 aromatic carbocycles. The van der Waals surface area contributed by atoms with Crippen molar-refractivity contribution in [3.8, 4) is 0 Å².